The van der Waals surface area contributed by atoms with E-state index in [4.69, 9.17) is 4.74 Å². The molecule has 0 bridgehead atoms. The number of phenolic OH excluding ortho intramolecular Hbond substituents is 1. The average Bonchev–Trinajstić information content (AvgIpc) is 2.81. The second-order valence-corrected chi connectivity index (χ2v) is 9.27. The van der Waals surface area contributed by atoms with Crippen LogP contribution in [0.4, 0.5) is 0 Å². The molecule has 2 aromatic carbocycles. The summed E-state index contributed by atoms with van der Waals surface area (Å²) in [7, 11) is 0. The summed E-state index contributed by atoms with van der Waals surface area (Å²) in [5.41, 5.74) is 1.30. The number of ether oxygens (including phenoxy) is 1. The molecule has 2 rings (SSSR count). The van der Waals surface area contributed by atoms with E-state index in [1.165, 1.54) is 102 Å². The van der Waals surface area contributed by atoms with Gasteiger partial charge in [-0.05, 0) is 42.5 Å². The van der Waals surface area contributed by atoms with Gasteiger partial charge in [-0.2, -0.15) is 0 Å². The zero-order chi connectivity index (χ0) is 22.9. The molecule has 0 aliphatic rings. The maximum Gasteiger partial charge on any atom is 0.169 e. The van der Waals surface area contributed by atoms with Crippen LogP contribution in [0, 0.1) is 0 Å². The number of rotatable bonds is 18. The molecular formula is C30H46O2. The van der Waals surface area contributed by atoms with Gasteiger partial charge < -0.3 is 9.84 Å². The SMILES string of the molecule is CCCCCCCCCCCC(CCCCCC)c1ccccc1Oc1ccccc1O. The summed E-state index contributed by atoms with van der Waals surface area (Å²) < 4.78 is 6.19. The molecule has 2 nitrogen and oxygen atoms in total. The predicted octanol–water partition coefficient (Wildman–Crippen LogP) is 10.2. The Labute approximate surface area is 197 Å². The van der Waals surface area contributed by atoms with Gasteiger partial charge in [0.05, 0.1) is 0 Å². The molecule has 0 aliphatic carbocycles. The van der Waals surface area contributed by atoms with Gasteiger partial charge in [-0.15, -0.1) is 0 Å². The van der Waals surface area contributed by atoms with Crippen LogP contribution in [0.25, 0.3) is 0 Å². The number of unbranched alkanes of at least 4 members (excludes halogenated alkanes) is 11. The molecule has 0 fully saturated rings. The summed E-state index contributed by atoms with van der Waals surface area (Å²) in [6.07, 6.45) is 19.9. The first-order chi connectivity index (χ1) is 15.8. The van der Waals surface area contributed by atoms with Crippen molar-refractivity contribution in [1.82, 2.24) is 0 Å². The molecule has 178 valence electrons. The fourth-order valence-electron chi connectivity index (χ4n) is 4.55. The number of hydrogen-bond acceptors (Lipinski definition) is 2. The maximum absolute atomic E-state index is 10.2. The fourth-order valence-corrected chi connectivity index (χ4v) is 4.55. The average molecular weight is 439 g/mol. The molecule has 0 aliphatic heterocycles. The third kappa shape index (κ3) is 10.1. The molecule has 0 spiro atoms. The minimum atomic E-state index is 0.195. The second-order valence-electron chi connectivity index (χ2n) is 9.27. The van der Waals surface area contributed by atoms with E-state index >= 15 is 0 Å². The Morgan fingerprint density at radius 2 is 1.06 bits per heavy atom. The molecule has 0 heterocycles. The van der Waals surface area contributed by atoms with Crippen molar-refractivity contribution in [3.8, 4) is 17.2 Å². The Balaban J connectivity index is 1.93. The standard InChI is InChI=1S/C30H46O2/c1-3-5-7-9-10-11-12-13-15-21-26(20-14-8-6-4-2)27-22-16-18-24-29(27)32-30-25-19-17-23-28(30)31/h16-19,22-26,31H,3-15,20-21H2,1-2H3. The second kappa shape index (κ2) is 16.6. The van der Waals surface area contributed by atoms with Crippen molar-refractivity contribution in [3.05, 3.63) is 54.1 Å². The lowest BCUT2D eigenvalue weighted by Crippen LogP contribution is -2.02. The fraction of sp³-hybridized carbons (Fsp3) is 0.600. The highest BCUT2D eigenvalue weighted by atomic mass is 16.5. The highest BCUT2D eigenvalue weighted by Gasteiger charge is 2.17. The molecule has 0 radical (unpaired) electrons. The Morgan fingerprint density at radius 1 is 0.594 bits per heavy atom. The van der Waals surface area contributed by atoms with Gasteiger partial charge in [0.15, 0.2) is 11.5 Å². The summed E-state index contributed by atoms with van der Waals surface area (Å²) in [4.78, 5) is 0. The van der Waals surface area contributed by atoms with Gasteiger partial charge in [0.1, 0.15) is 5.75 Å². The topological polar surface area (TPSA) is 29.5 Å². The van der Waals surface area contributed by atoms with Gasteiger partial charge in [0.25, 0.3) is 0 Å². The molecule has 0 amide bonds. The smallest absolute Gasteiger partial charge is 0.169 e. The molecule has 2 aromatic rings. The van der Waals surface area contributed by atoms with Crippen LogP contribution < -0.4 is 4.74 Å². The Morgan fingerprint density at radius 3 is 1.66 bits per heavy atom. The number of para-hydroxylation sites is 3. The molecule has 1 N–H and O–H groups in total. The van der Waals surface area contributed by atoms with Crippen LogP contribution in [-0.4, -0.2) is 5.11 Å². The minimum absolute atomic E-state index is 0.195. The number of hydrogen-bond donors (Lipinski definition) is 1. The highest BCUT2D eigenvalue weighted by molar-refractivity contribution is 5.45. The lowest BCUT2D eigenvalue weighted by molar-refractivity contribution is 0.402. The van der Waals surface area contributed by atoms with E-state index in [0.29, 0.717) is 11.7 Å². The van der Waals surface area contributed by atoms with E-state index in [0.717, 1.165) is 5.75 Å². The van der Waals surface area contributed by atoms with Crippen molar-refractivity contribution in [2.45, 2.75) is 116 Å². The van der Waals surface area contributed by atoms with Crippen molar-refractivity contribution in [2.75, 3.05) is 0 Å². The molecule has 0 aromatic heterocycles. The lowest BCUT2D eigenvalue weighted by Gasteiger charge is -2.21. The third-order valence-corrected chi connectivity index (χ3v) is 6.51. The van der Waals surface area contributed by atoms with Gasteiger partial charge >= 0.3 is 0 Å². The van der Waals surface area contributed by atoms with Crippen LogP contribution in [0.15, 0.2) is 48.5 Å². The maximum atomic E-state index is 10.2. The normalized spacial score (nSPS) is 12.1. The van der Waals surface area contributed by atoms with Crippen molar-refractivity contribution >= 4 is 0 Å². The largest absolute Gasteiger partial charge is 0.504 e. The van der Waals surface area contributed by atoms with E-state index in [1.54, 1.807) is 6.07 Å². The van der Waals surface area contributed by atoms with Crippen molar-refractivity contribution in [2.24, 2.45) is 0 Å². The first-order valence-electron chi connectivity index (χ1n) is 13.3. The number of benzene rings is 2. The lowest BCUT2D eigenvalue weighted by atomic mass is 9.87. The van der Waals surface area contributed by atoms with E-state index in [-0.39, 0.29) is 5.75 Å². The molecule has 2 heteroatoms. The molecule has 1 atom stereocenters. The zero-order valence-corrected chi connectivity index (χ0v) is 20.7. The van der Waals surface area contributed by atoms with Crippen LogP contribution in [-0.2, 0) is 0 Å². The predicted molar refractivity (Wildman–Crippen MR) is 138 cm³/mol. The third-order valence-electron chi connectivity index (χ3n) is 6.51. The van der Waals surface area contributed by atoms with Gasteiger partial charge in [0.2, 0.25) is 0 Å². The van der Waals surface area contributed by atoms with Crippen molar-refractivity contribution in [1.29, 1.82) is 0 Å². The number of phenols is 1. The van der Waals surface area contributed by atoms with Gasteiger partial charge in [-0.25, -0.2) is 0 Å². The van der Waals surface area contributed by atoms with Gasteiger partial charge in [0, 0.05) is 0 Å². The Hall–Kier alpha value is -1.96. The minimum Gasteiger partial charge on any atom is -0.504 e. The zero-order valence-electron chi connectivity index (χ0n) is 20.7. The first kappa shape index (κ1) is 26.3. The van der Waals surface area contributed by atoms with E-state index in [9.17, 15) is 5.11 Å². The quantitative estimate of drug-likeness (QED) is 0.234. The van der Waals surface area contributed by atoms with Gasteiger partial charge in [-0.1, -0.05) is 128 Å². The van der Waals surface area contributed by atoms with Crippen LogP contribution in [0.2, 0.25) is 0 Å². The summed E-state index contributed by atoms with van der Waals surface area (Å²) in [5.74, 6) is 2.15. The van der Waals surface area contributed by atoms with E-state index in [1.807, 2.05) is 24.3 Å². The summed E-state index contributed by atoms with van der Waals surface area (Å²) in [5, 5.41) is 10.2. The van der Waals surface area contributed by atoms with E-state index < -0.39 is 0 Å². The van der Waals surface area contributed by atoms with Gasteiger partial charge in [-0.3, -0.25) is 0 Å². The molecule has 1 unspecified atom stereocenters. The summed E-state index contributed by atoms with van der Waals surface area (Å²) in [6, 6.07) is 15.7. The molecule has 0 saturated heterocycles. The Kier molecular flexibility index (Phi) is 13.7. The summed E-state index contributed by atoms with van der Waals surface area (Å²) in [6.45, 7) is 4.56. The molecule has 32 heavy (non-hydrogen) atoms. The molecule has 0 saturated carbocycles. The first-order valence-corrected chi connectivity index (χ1v) is 13.3. The van der Waals surface area contributed by atoms with Crippen LogP contribution in [0.5, 0.6) is 17.2 Å². The van der Waals surface area contributed by atoms with Crippen LogP contribution in [0.1, 0.15) is 122 Å². The highest BCUT2D eigenvalue weighted by Crippen LogP contribution is 2.38. The Bertz CT molecular complexity index is 724. The monoisotopic (exact) mass is 438 g/mol. The van der Waals surface area contributed by atoms with Crippen molar-refractivity contribution in [3.63, 3.8) is 0 Å². The van der Waals surface area contributed by atoms with Crippen LogP contribution >= 0.6 is 0 Å². The summed E-state index contributed by atoms with van der Waals surface area (Å²) >= 11 is 0. The van der Waals surface area contributed by atoms with Crippen LogP contribution in [0.3, 0.4) is 0 Å². The number of aromatic hydroxyl groups is 1. The van der Waals surface area contributed by atoms with Crippen molar-refractivity contribution < 1.29 is 9.84 Å². The molecular weight excluding hydrogens is 392 g/mol. The van der Waals surface area contributed by atoms with E-state index in [2.05, 4.69) is 32.0 Å².